The van der Waals surface area contributed by atoms with Gasteiger partial charge in [-0.3, -0.25) is 0 Å². The summed E-state index contributed by atoms with van der Waals surface area (Å²) in [6.45, 7) is 13.5. The van der Waals surface area contributed by atoms with Crippen LogP contribution in [-0.2, 0) is 0 Å². The molecule has 0 unspecified atom stereocenters. The van der Waals surface area contributed by atoms with Gasteiger partial charge >= 0.3 is 0 Å². The molecule has 1 aliphatic carbocycles. The predicted octanol–water partition coefficient (Wildman–Crippen LogP) is 6.59. The van der Waals surface area contributed by atoms with Crippen molar-refractivity contribution >= 4 is 5.70 Å². The third-order valence-electron chi connectivity index (χ3n) is 4.55. The predicted molar refractivity (Wildman–Crippen MR) is 111 cm³/mol. The van der Waals surface area contributed by atoms with Gasteiger partial charge in [0.05, 0.1) is 6.61 Å². The van der Waals surface area contributed by atoms with Crippen molar-refractivity contribution in [1.82, 2.24) is 5.32 Å². The fraction of sp³-hybridized carbons (Fsp3) is 0.565. The summed E-state index contributed by atoms with van der Waals surface area (Å²) >= 11 is 0. The summed E-state index contributed by atoms with van der Waals surface area (Å²) in [6.07, 6.45) is 12.2. The molecule has 0 bridgehead atoms. The van der Waals surface area contributed by atoms with Gasteiger partial charge in [-0.05, 0) is 61.9 Å². The summed E-state index contributed by atoms with van der Waals surface area (Å²) in [5.74, 6) is 1.80. The van der Waals surface area contributed by atoms with Gasteiger partial charge in [-0.15, -0.1) is 6.58 Å². The molecule has 1 N–H and O–H groups in total. The second-order valence-corrected chi connectivity index (χ2v) is 6.85. The Kier molecular flexibility index (Phi) is 11.6. The molecule has 140 valence electrons. The molecule has 0 amide bonds. The molecule has 0 aromatic heterocycles. The highest BCUT2D eigenvalue weighted by Gasteiger charge is 2.14. The van der Waals surface area contributed by atoms with Crippen molar-refractivity contribution < 1.29 is 4.74 Å². The van der Waals surface area contributed by atoms with Crippen molar-refractivity contribution in [3.05, 3.63) is 49.1 Å². The summed E-state index contributed by atoms with van der Waals surface area (Å²) < 4.78 is 5.78. The summed E-state index contributed by atoms with van der Waals surface area (Å²) in [6, 6.07) is 8.31. The van der Waals surface area contributed by atoms with Crippen LogP contribution in [0.1, 0.15) is 70.8 Å². The second-order valence-electron chi connectivity index (χ2n) is 6.85. The lowest BCUT2D eigenvalue weighted by molar-refractivity contribution is 0.305. The lowest BCUT2D eigenvalue weighted by atomic mass is 10.1. The highest BCUT2D eigenvalue weighted by atomic mass is 16.5. The van der Waals surface area contributed by atoms with Gasteiger partial charge in [-0.1, -0.05) is 51.7 Å². The SMILES string of the molecule is C=C(NCC1CCCC1)c1ccc(OCCCCCC)cc1.C=CC. The zero-order valence-electron chi connectivity index (χ0n) is 16.4. The molecular formula is C23H37NO. The van der Waals surface area contributed by atoms with Crippen molar-refractivity contribution in [2.45, 2.75) is 65.2 Å². The van der Waals surface area contributed by atoms with Gasteiger partial charge in [0.25, 0.3) is 0 Å². The van der Waals surface area contributed by atoms with Crippen LogP contribution in [0, 0.1) is 5.92 Å². The number of hydrogen-bond donors (Lipinski definition) is 1. The third kappa shape index (κ3) is 9.38. The Morgan fingerprint density at radius 3 is 2.40 bits per heavy atom. The Morgan fingerprint density at radius 2 is 1.80 bits per heavy atom. The van der Waals surface area contributed by atoms with Crippen LogP contribution >= 0.6 is 0 Å². The van der Waals surface area contributed by atoms with Gasteiger partial charge in [-0.25, -0.2) is 0 Å². The molecule has 1 fully saturated rings. The van der Waals surface area contributed by atoms with Crippen LogP contribution in [0.15, 0.2) is 43.5 Å². The molecule has 1 aromatic carbocycles. The van der Waals surface area contributed by atoms with Gasteiger partial charge in [0.1, 0.15) is 5.75 Å². The fourth-order valence-electron chi connectivity index (χ4n) is 3.06. The third-order valence-corrected chi connectivity index (χ3v) is 4.55. The first kappa shape index (κ1) is 21.3. The van der Waals surface area contributed by atoms with E-state index < -0.39 is 0 Å². The molecule has 0 aliphatic heterocycles. The van der Waals surface area contributed by atoms with Crippen LogP contribution in [-0.4, -0.2) is 13.2 Å². The average molecular weight is 344 g/mol. The molecule has 1 aliphatic rings. The lowest BCUT2D eigenvalue weighted by Gasteiger charge is -2.14. The van der Waals surface area contributed by atoms with Crippen molar-refractivity contribution in [3.8, 4) is 5.75 Å². The normalized spacial score (nSPS) is 13.7. The van der Waals surface area contributed by atoms with E-state index in [-0.39, 0.29) is 0 Å². The minimum absolute atomic E-state index is 0.820. The summed E-state index contributed by atoms with van der Waals surface area (Å²) in [5, 5.41) is 3.49. The molecule has 2 nitrogen and oxygen atoms in total. The minimum atomic E-state index is 0.820. The van der Waals surface area contributed by atoms with E-state index in [1.807, 2.05) is 6.92 Å². The lowest BCUT2D eigenvalue weighted by Crippen LogP contribution is -2.19. The Morgan fingerprint density at radius 1 is 1.16 bits per heavy atom. The molecule has 0 radical (unpaired) electrons. The van der Waals surface area contributed by atoms with Gasteiger partial charge in [0, 0.05) is 12.2 Å². The number of ether oxygens (including phenoxy) is 1. The fourth-order valence-corrected chi connectivity index (χ4v) is 3.06. The van der Waals surface area contributed by atoms with E-state index in [0.717, 1.165) is 42.5 Å². The first-order valence-corrected chi connectivity index (χ1v) is 9.94. The summed E-state index contributed by atoms with van der Waals surface area (Å²) in [4.78, 5) is 0. The molecule has 0 spiro atoms. The molecule has 1 aromatic rings. The van der Waals surface area contributed by atoms with E-state index in [2.05, 4.69) is 49.7 Å². The van der Waals surface area contributed by atoms with Crippen LogP contribution in [0.3, 0.4) is 0 Å². The van der Waals surface area contributed by atoms with Crippen LogP contribution in [0.25, 0.3) is 5.70 Å². The Balaban J connectivity index is 0.000000970. The number of allylic oxidation sites excluding steroid dienone is 1. The molecular weight excluding hydrogens is 306 g/mol. The first-order valence-electron chi connectivity index (χ1n) is 9.94. The monoisotopic (exact) mass is 343 g/mol. The highest BCUT2D eigenvalue weighted by Crippen LogP contribution is 2.24. The molecule has 0 saturated heterocycles. The molecule has 0 atom stereocenters. The largest absolute Gasteiger partial charge is 0.494 e. The van der Waals surface area contributed by atoms with Crippen LogP contribution < -0.4 is 10.1 Å². The zero-order valence-corrected chi connectivity index (χ0v) is 16.4. The molecule has 2 heteroatoms. The Bertz CT molecular complexity index is 471. The van der Waals surface area contributed by atoms with Gasteiger partial charge in [0.15, 0.2) is 0 Å². The molecule has 2 rings (SSSR count). The topological polar surface area (TPSA) is 21.3 Å². The van der Waals surface area contributed by atoms with Crippen molar-refractivity contribution in [1.29, 1.82) is 0 Å². The number of rotatable bonds is 10. The Labute approximate surface area is 155 Å². The van der Waals surface area contributed by atoms with E-state index in [0.29, 0.717) is 0 Å². The van der Waals surface area contributed by atoms with Crippen LogP contribution in [0.2, 0.25) is 0 Å². The summed E-state index contributed by atoms with van der Waals surface area (Å²) in [7, 11) is 0. The van der Waals surface area contributed by atoms with E-state index in [9.17, 15) is 0 Å². The number of benzene rings is 1. The van der Waals surface area contributed by atoms with E-state index >= 15 is 0 Å². The van der Waals surface area contributed by atoms with Gasteiger partial charge in [0.2, 0.25) is 0 Å². The molecule has 1 saturated carbocycles. The Hall–Kier alpha value is -1.70. The van der Waals surface area contributed by atoms with Gasteiger partial charge < -0.3 is 10.1 Å². The summed E-state index contributed by atoms with van der Waals surface area (Å²) in [5.41, 5.74) is 2.19. The van der Waals surface area contributed by atoms with Crippen LogP contribution in [0.5, 0.6) is 5.75 Å². The van der Waals surface area contributed by atoms with Crippen molar-refractivity contribution in [2.75, 3.05) is 13.2 Å². The number of hydrogen-bond acceptors (Lipinski definition) is 2. The first-order chi connectivity index (χ1) is 12.2. The smallest absolute Gasteiger partial charge is 0.119 e. The van der Waals surface area contributed by atoms with Gasteiger partial charge in [-0.2, -0.15) is 0 Å². The van der Waals surface area contributed by atoms with Crippen molar-refractivity contribution in [3.63, 3.8) is 0 Å². The second kappa shape index (κ2) is 13.6. The highest BCUT2D eigenvalue weighted by molar-refractivity contribution is 5.62. The maximum absolute atomic E-state index is 5.78. The quantitative estimate of drug-likeness (QED) is 0.382. The van der Waals surface area contributed by atoms with E-state index in [1.165, 1.54) is 44.9 Å². The maximum Gasteiger partial charge on any atom is 0.119 e. The van der Waals surface area contributed by atoms with E-state index in [4.69, 9.17) is 4.74 Å². The number of nitrogens with one attached hydrogen (secondary N) is 1. The standard InChI is InChI=1S/C20H31NO.C3H6/c1-3-4-5-8-15-22-20-13-11-19(12-14-20)17(2)21-16-18-9-6-7-10-18;1-3-2/h11-14,18,21H,2-10,15-16H2,1H3;3H,1H2,2H3. The maximum atomic E-state index is 5.78. The zero-order chi connectivity index (χ0) is 18.3. The van der Waals surface area contributed by atoms with Crippen molar-refractivity contribution in [2.24, 2.45) is 5.92 Å². The molecule has 0 heterocycles. The average Bonchev–Trinajstić information content (AvgIpc) is 3.14. The van der Waals surface area contributed by atoms with E-state index in [1.54, 1.807) is 6.08 Å². The number of unbranched alkanes of at least 4 members (excludes halogenated alkanes) is 3. The minimum Gasteiger partial charge on any atom is -0.494 e. The molecule has 25 heavy (non-hydrogen) atoms. The van der Waals surface area contributed by atoms with Crippen LogP contribution in [0.4, 0.5) is 0 Å².